The van der Waals surface area contributed by atoms with E-state index in [4.69, 9.17) is 0 Å². The van der Waals surface area contributed by atoms with E-state index in [1.807, 2.05) is 0 Å². The molecule has 0 N–H and O–H groups in total. The molecule has 0 aliphatic heterocycles. The Kier molecular flexibility index (Phi) is 2.49. The molecule has 0 amide bonds. The molecule has 0 heterocycles. The maximum atomic E-state index is 10.8. The Balaban J connectivity index is 2.57. The molecule has 0 unspecified atom stereocenters. The van der Waals surface area contributed by atoms with Crippen LogP contribution in [0.3, 0.4) is 0 Å². The molecule has 1 aromatic rings. The standard InChI is InChI=1S/C11H11NO3/c13-7-9-6-10(12(14)15)5-8-3-1-2-4-11(8)9/h5-7H,1-4H2. The summed E-state index contributed by atoms with van der Waals surface area (Å²) in [7, 11) is 0. The lowest BCUT2D eigenvalue weighted by Gasteiger charge is -2.16. The average Bonchev–Trinajstić information content (AvgIpc) is 2.27. The summed E-state index contributed by atoms with van der Waals surface area (Å²) in [5.41, 5.74) is 2.48. The van der Waals surface area contributed by atoms with Gasteiger partial charge in [-0.15, -0.1) is 0 Å². The van der Waals surface area contributed by atoms with Gasteiger partial charge >= 0.3 is 0 Å². The topological polar surface area (TPSA) is 60.2 Å². The number of non-ortho nitro benzene ring substituents is 1. The van der Waals surface area contributed by atoms with Crippen LogP contribution in [0.1, 0.15) is 34.3 Å². The van der Waals surface area contributed by atoms with Crippen molar-refractivity contribution in [3.63, 3.8) is 0 Å². The fourth-order valence-electron chi connectivity index (χ4n) is 2.09. The van der Waals surface area contributed by atoms with Crippen LogP contribution in [0, 0.1) is 10.1 Å². The SMILES string of the molecule is O=Cc1cc([N+](=O)[O-])cc2c1CCCC2. The summed E-state index contributed by atoms with van der Waals surface area (Å²) in [6.07, 6.45) is 4.54. The van der Waals surface area contributed by atoms with Gasteiger partial charge in [0.1, 0.15) is 0 Å². The van der Waals surface area contributed by atoms with Crippen LogP contribution in [-0.2, 0) is 12.8 Å². The molecule has 0 radical (unpaired) electrons. The number of aldehydes is 1. The van der Waals surface area contributed by atoms with E-state index < -0.39 is 4.92 Å². The van der Waals surface area contributed by atoms with Gasteiger partial charge in [0, 0.05) is 17.7 Å². The van der Waals surface area contributed by atoms with Crippen molar-refractivity contribution < 1.29 is 9.72 Å². The number of rotatable bonds is 2. The van der Waals surface area contributed by atoms with Crippen LogP contribution < -0.4 is 0 Å². The molecule has 0 saturated heterocycles. The molecule has 0 saturated carbocycles. The van der Waals surface area contributed by atoms with E-state index in [2.05, 4.69) is 0 Å². The molecule has 0 aromatic heterocycles. The Morgan fingerprint density at radius 2 is 2.00 bits per heavy atom. The third-order valence-corrected chi connectivity index (χ3v) is 2.82. The van der Waals surface area contributed by atoms with Crippen LogP contribution in [0.25, 0.3) is 0 Å². The lowest BCUT2D eigenvalue weighted by Crippen LogP contribution is -2.07. The van der Waals surface area contributed by atoms with E-state index in [1.165, 1.54) is 6.07 Å². The molecule has 1 aromatic carbocycles. The van der Waals surface area contributed by atoms with Gasteiger partial charge in [0.15, 0.2) is 6.29 Å². The Morgan fingerprint density at radius 3 is 2.67 bits per heavy atom. The first-order valence-electron chi connectivity index (χ1n) is 4.97. The van der Waals surface area contributed by atoms with Crippen molar-refractivity contribution in [1.82, 2.24) is 0 Å². The van der Waals surface area contributed by atoms with Gasteiger partial charge in [-0.1, -0.05) is 0 Å². The molecule has 4 nitrogen and oxygen atoms in total. The van der Waals surface area contributed by atoms with Crippen molar-refractivity contribution in [3.05, 3.63) is 38.9 Å². The number of carbonyl (C=O) groups is 1. The Hall–Kier alpha value is -1.71. The van der Waals surface area contributed by atoms with Crippen LogP contribution in [0.5, 0.6) is 0 Å². The molecular formula is C11H11NO3. The maximum Gasteiger partial charge on any atom is 0.270 e. The monoisotopic (exact) mass is 205 g/mol. The Morgan fingerprint density at radius 1 is 1.27 bits per heavy atom. The van der Waals surface area contributed by atoms with Crippen molar-refractivity contribution in [3.8, 4) is 0 Å². The second-order valence-electron chi connectivity index (χ2n) is 3.75. The number of nitro benzene ring substituents is 1. The predicted molar refractivity (Wildman–Crippen MR) is 55.1 cm³/mol. The lowest BCUT2D eigenvalue weighted by atomic mass is 9.88. The zero-order chi connectivity index (χ0) is 10.8. The summed E-state index contributed by atoms with van der Waals surface area (Å²) in [5, 5.41) is 10.6. The average molecular weight is 205 g/mol. The van der Waals surface area contributed by atoms with E-state index in [-0.39, 0.29) is 5.69 Å². The van der Waals surface area contributed by atoms with E-state index >= 15 is 0 Å². The molecule has 0 atom stereocenters. The van der Waals surface area contributed by atoms with E-state index in [1.54, 1.807) is 6.07 Å². The number of benzene rings is 1. The normalized spacial score (nSPS) is 14.4. The smallest absolute Gasteiger partial charge is 0.270 e. The molecule has 78 valence electrons. The highest BCUT2D eigenvalue weighted by molar-refractivity contribution is 5.79. The molecular weight excluding hydrogens is 194 g/mol. The fourth-order valence-corrected chi connectivity index (χ4v) is 2.09. The van der Waals surface area contributed by atoms with Crippen LogP contribution in [0.4, 0.5) is 5.69 Å². The van der Waals surface area contributed by atoms with Crippen LogP contribution in [0.2, 0.25) is 0 Å². The van der Waals surface area contributed by atoms with Crippen molar-refractivity contribution in [2.75, 3.05) is 0 Å². The summed E-state index contributed by atoms with van der Waals surface area (Å²) >= 11 is 0. The lowest BCUT2D eigenvalue weighted by molar-refractivity contribution is -0.385. The number of nitro groups is 1. The molecule has 1 aliphatic carbocycles. The van der Waals surface area contributed by atoms with Crippen LogP contribution >= 0.6 is 0 Å². The second-order valence-corrected chi connectivity index (χ2v) is 3.75. The quantitative estimate of drug-likeness (QED) is 0.422. The summed E-state index contributed by atoms with van der Waals surface area (Å²) in [4.78, 5) is 21.0. The molecule has 2 rings (SSSR count). The number of hydrogen-bond acceptors (Lipinski definition) is 3. The van der Waals surface area contributed by atoms with Gasteiger partial charge in [-0.25, -0.2) is 0 Å². The Bertz CT molecular complexity index is 426. The van der Waals surface area contributed by atoms with Gasteiger partial charge < -0.3 is 0 Å². The maximum absolute atomic E-state index is 10.8. The fraction of sp³-hybridized carbons (Fsp3) is 0.364. The first-order chi connectivity index (χ1) is 7.22. The minimum absolute atomic E-state index is 0.0257. The molecule has 4 heteroatoms. The number of hydrogen-bond donors (Lipinski definition) is 0. The van der Waals surface area contributed by atoms with Gasteiger partial charge in [0.25, 0.3) is 5.69 Å². The zero-order valence-corrected chi connectivity index (χ0v) is 8.23. The number of carbonyl (C=O) groups excluding carboxylic acids is 1. The molecule has 1 aliphatic rings. The first kappa shape index (κ1) is 9.83. The summed E-state index contributed by atoms with van der Waals surface area (Å²) in [6, 6.07) is 2.97. The summed E-state index contributed by atoms with van der Waals surface area (Å²) < 4.78 is 0. The third kappa shape index (κ3) is 1.75. The molecule has 15 heavy (non-hydrogen) atoms. The van der Waals surface area contributed by atoms with Crippen molar-refractivity contribution >= 4 is 12.0 Å². The van der Waals surface area contributed by atoms with Gasteiger partial charge in [-0.2, -0.15) is 0 Å². The zero-order valence-electron chi connectivity index (χ0n) is 8.23. The van der Waals surface area contributed by atoms with Crippen LogP contribution in [-0.4, -0.2) is 11.2 Å². The summed E-state index contributed by atoms with van der Waals surface area (Å²) in [6.45, 7) is 0. The largest absolute Gasteiger partial charge is 0.298 e. The highest BCUT2D eigenvalue weighted by Gasteiger charge is 2.18. The number of aryl methyl sites for hydroxylation is 1. The molecule has 0 bridgehead atoms. The first-order valence-corrected chi connectivity index (χ1v) is 4.97. The highest BCUT2D eigenvalue weighted by atomic mass is 16.6. The third-order valence-electron chi connectivity index (χ3n) is 2.82. The van der Waals surface area contributed by atoms with Crippen molar-refractivity contribution in [2.45, 2.75) is 25.7 Å². The van der Waals surface area contributed by atoms with Gasteiger partial charge in [0.2, 0.25) is 0 Å². The minimum Gasteiger partial charge on any atom is -0.298 e. The molecule has 0 spiro atoms. The number of nitrogens with zero attached hydrogens (tertiary/aromatic N) is 1. The number of fused-ring (bicyclic) bond motifs is 1. The second kappa shape index (κ2) is 3.81. The predicted octanol–water partition coefficient (Wildman–Crippen LogP) is 2.29. The van der Waals surface area contributed by atoms with E-state index in [9.17, 15) is 14.9 Å². The van der Waals surface area contributed by atoms with Crippen LogP contribution in [0.15, 0.2) is 12.1 Å². The van der Waals surface area contributed by atoms with Crippen molar-refractivity contribution in [2.24, 2.45) is 0 Å². The van der Waals surface area contributed by atoms with E-state index in [0.29, 0.717) is 5.56 Å². The molecule has 0 fully saturated rings. The highest BCUT2D eigenvalue weighted by Crippen LogP contribution is 2.28. The summed E-state index contributed by atoms with van der Waals surface area (Å²) in [5.74, 6) is 0. The van der Waals surface area contributed by atoms with E-state index in [0.717, 1.165) is 43.1 Å². The van der Waals surface area contributed by atoms with Gasteiger partial charge in [-0.3, -0.25) is 14.9 Å². The van der Waals surface area contributed by atoms with Gasteiger partial charge in [0.05, 0.1) is 4.92 Å². The van der Waals surface area contributed by atoms with Gasteiger partial charge in [-0.05, 0) is 36.8 Å². The Labute approximate surface area is 87.1 Å². The minimum atomic E-state index is -0.443. The van der Waals surface area contributed by atoms with Crippen molar-refractivity contribution in [1.29, 1.82) is 0 Å².